The Hall–Kier alpha value is 0.100. The highest BCUT2D eigenvalue weighted by Crippen LogP contribution is 2.54. The molecule has 1 saturated heterocycles. The Morgan fingerprint density at radius 3 is 2.76 bits per heavy atom. The predicted molar refractivity (Wildman–Crippen MR) is 76.6 cm³/mol. The number of aliphatic hydroxyl groups excluding tert-OH is 1. The Labute approximate surface area is 112 Å². The molecule has 1 heterocycles. The Morgan fingerprint density at radius 1 is 1.41 bits per heavy atom. The van der Waals surface area contributed by atoms with Crippen molar-refractivity contribution in [3.05, 3.63) is 24.8 Å². The van der Waals surface area contributed by atoms with E-state index in [1.807, 2.05) is 29.6 Å². The van der Waals surface area contributed by atoms with Crippen LogP contribution in [0.1, 0.15) is 19.3 Å². The highest BCUT2D eigenvalue weighted by atomic mass is 32.2. The average Bonchev–Trinajstić information content (AvgIpc) is 2.74. The molecular weight excluding hydrogens is 252 g/mol. The van der Waals surface area contributed by atoms with Gasteiger partial charge in [0.2, 0.25) is 0 Å². The largest absolute Gasteiger partial charge is 0.389 e. The summed E-state index contributed by atoms with van der Waals surface area (Å²) in [6, 6.07) is 0. The number of thioether (sulfide) groups is 2. The lowest BCUT2D eigenvalue weighted by molar-refractivity contribution is 0.0332. The fourth-order valence-corrected chi connectivity index (χ4v) is 5.66. The van der Waals surface area contributed by atoms with Gasteiger partial charge in [0.25, 0.3) is 0 Å². The van der Waals surface area contributed by atoms with E-state index in [9.17, 15) is 5.11 Å². The van der Waals surface area contributed by atoms with Crippen LogP contribution in [0.5, 0.6) is 0 Å². The molecule has 0 bridgehead atoms. The van der Waals surface area contributed by atoms with E-state index in [0.717, 1.165) is 24.8 Å². The van der Waals surface area contributed by atoms with Gasteiger partial charge in [-0.1, -0.05) is 12.7 Å². The van der Waals surface area contributed by atoms with Crippen molar-refractivity contribution in [2.24, 2.45) is 0 Å². The molecule has 2 fully saturated rings. The van der Waals surface area contributed by atoms with Crippen LogP contribution in [0.25, 0.3) is 0 Å². The minimum atomic E-state index is -0.407. The molecule has 1 saturated carbocycles. The standard InChI is InChI=1S/C13H20O2S2/c1-3-4-5-15-12-9-13(16-6-7-17-13)8-11(14)10(12)2/h3,11-12,14H,1-2,4-9H2/t11-,12-/m1/s1. The third-order valence-corrected chi connectivity index (χ3v) is 6.80. The van der Waals surface area contributed by atoms with Crippen molar-refractivity contribution in [2.45, 2.75) is 35.5 Å². The average molecular weight is 272 g/mol. The van der Waals surface area contributed by atoms with Crippen LogP contribution >= 0.6 is 23.5 Å². The lowest BCUT2D eigenvalue weighted by atomic mass is 9.89. The van der Waals surface area contributed by atoms with Gasteiger partial charge in [-0.3, -0.25) is 0 Å². The number of hydrogen-bond acceptors (Lipinski definition) is 4. The molecular formula is C13H20O2S2. The van der Waals surface area contributed by atoms with Crippen molar-refractivity contribution in [3.8, 4) is 0 Å². The van der Waals surface area contributed by atoms with Gasteiger partial charge in [0.05, 0.1) is 22.9 Å². The summed E-state index contributed by atoms with van der Waals surface area (Å²) >= 11 is 3.95. The second-order valence-corrected chi connectivity index (χ2v) is 7.76. The van der Waals surface area contributed by atoms with E-state index in [-0.39, 0.29) is 10.2 Å². The van der Waals surface area contributed by atoms with Crippen LogP contribution in [0, 0.1) is 0 Å². The maximum absolute atomic E-state index is 10.1. The molecule has 0 aromatic carbocycles. The van der Waals surface area contributed by atoms with Crippen LogP contribution in [-0.4, -0.2) is 39.5 Å². The van der Waals surface area contributed by atoms with Crippen LogP contribution < -0.4 is 0 Å². The second-order valence-electron chi connectivity index (χ2n) is 4.54. The molecule has 1 aliphatic carbocycles. The molecule has 0 unspecified atom stereocenters. The first-order valence-electron chi connectivity index (χ1n) is 6.04. The van der Waals surface area contributed by atoms with Crippen molar-refractivity contribution in [3.63, 3.8) is 0 Å². The first-order chi connectivity index (χ1) is 8.17. The topological polar surface area (TPSA) is 29.5 Å². The number of rotatable bonds is 4. The normalized spacial score (nSPS) is 31.9. The number of aliphatic hydroxyl groups is 1. The van der Waals surface area contributed by atoms with E-state index in [0.29, 0.717) is 6.61 Å². The van der Waals surface area contributed by atoms with Crippen molar-refractivity contribution in [1.82, 2.24) is 0 Å². The Bertz CT molecular complexity index is 298. The Kier molecular flexibility index (Phi) is 4.64. The quantitative estimate of drug-likeness (QED) is 0.629. The predicted octanol–water partition coefficient (Wildman–Crippen LogP) is 2.83. The highest BCUT2D eigenvalue weighted by Gasteiger charge is 2.45. The minimum Gasteiger partial charge on any atom is -0.389 e. The van der Waals surface area contributed by atoms with Gasteiger partial charge in [0, 0.05) is 24.3 Å². The van der Waals surface area contributed by atoms with Crippen LogP contribution in [0.3, 0.4) is 0 Å². The molecule has 2 nitrogen and oxygen atoms in total. The summed E-state index contributed by atoms with van der Waals surface area (Å²) in [5.74, 6) is 2.37. The van der Waals surface area contributed by atoms with E-state index < -0.39 is 6.10 Å². The van der Waals surface area contributed by atoms with Crippen molar-refractivity contribution in [1.29, 1.82) is 0 Å². The highest BCUT2D eigenvalue weighted by molar-refractivity contribution is 8.21. The zero-order valence-electron chi connectivity index (χ0n) is 10.1. The first-order valence-corrected chi connectivity index (χ1v) is 8.01. The molecule has 2 aliphatic rings. The van der Waals surface area contributed by atoms with E-state index in [2.05, 4.69) is 13.2 Å². The molecule has 2 rings (SSSR count). The molecule has 1 aliphatic heterocycles. The Morgan fingerprint density at radius 2 is 2.12 bits per heavy atom. The van der Waals surface area contributed by atoms with Gasteiger partial charge in [0.15, 0.2) is 0 Å². The van der Waals surface area contributed by atoms with Gasteiger partial charge in [-0.2, -0.15) is 0 Å². The zero-order valence-corrected chi connectivity index (χ0v) is 11.7. The molecule has 4 heteroatoms. The first kappa shape index (κ1) is 13.5. The molecule has 17 heavy (non-hydrogen) atoms. The summed E-state index contributed by atoms with van der Waals surface area (Å²) in [5.41, 5.74) is 0.854. The number of ether oxygens (including phenoxy) is 1. The third-order valence-electron chi connectivity index (χ3n) is 3.30. The monoisotopic (exact) mass is 272 g/mol. The molecule has 1 spiro atoms. The summed E-state index contributed by atoms with van der Waals surface area (Å²) in [6.45, 7) is 8.35. The molecule has 0 aromatic rings. The van der Waals surface area contributed by atoms with Crippen molar-refractivity contribution < 1.29 is 9.84 Å². The minimum absolute atomic E-state index is 0.0109. The maximum atomic E-state index is 10.1. The summed E-state index contributed by atoms with van der Waals surface area (Å²) in [4.78, 5) is 0. The molecule has 1 N–H and O–H groups in total. The maximum Gasteiger partial charge on any atom is 0.0828 e. The molecule has 96 valence electrons. The van der Waals surface area contributed by atoms with Crippen LogP contribution in [0.15, 0.2) is 24.8 Å². The second kappa shape index (κ2) is 5.83. The Balaban J connectivity index is 1.98. The molecule has 2 atom stereocenters. The number of hydrogen-bond donors (Lipinski definition) is 1. The van der Waals surface area contributed by atoms with Gasteiger partial charge in [-0.25, -0.2) is 0 Å². The molecule has 0 amide bonds. The lowest BCUT2D eigenvalue weighted by Gasteiger charge is -2.40. The fraction of sp³-hybridized carbons (Fsp3) is 0.692. The van der Waals surface area contributed by atoms with Crippen LogP contribution in [-0.2, 0) is 4.74 Å². The smallest absolute Gasteiger partial charge is 0.0828 e. The SMILES string of the molecule is C=CCCO[C@@H]1CC2(C[C@@H](O)C1=C)SCCS2. The van der Waals surface area contributed by atoms with E-state index in [4.69, 9.17) is 4.74 Å². The molecule has 0 aromatic heterocycles. The third kappa shape index (κ3) is 3.11. The summed E-state index contributed by atoms with van der Waals surface area (Å²) in [7, 11) is 0. The van der Waals surface area contributed by atoms with E-state index in [1.54, 1.807) is 0 Å². The van der Waals surface area contributed by atoms with Crippen molar-refractivity contribution >= 4 is 23.5 Å². The van der Waals surface area contributed by atoms with E-state index >= 15 is 0 Å². The van der Waals surface area contributed by atoms with Gasteiger partial charge in [0.1, 0.15) is 0 Å². The summed E-state index contributed by atoms with van der Waals surface area (Å²) in [5, 5.41) is 10.1. The lowest BCUT2D eigenvalue weighted by Crippen LogP contribution is -2.41. The molecule has 0 radical (unpaired) electrons. The zero-order chi connectivity index (χ0) is 12.3. The van der Waals surface area contributed by atoms with Gasteiger partial charge < -0.3 is 9.84 Å². The summed E-state index contributed by atoms with van der Waals surface area (Å²) in [6.07, 6.45) is 4.12. The van der Waals surface area contributed by atoms with Gasteiger partial charge in [-0.15, -0.1) is 30.1 Å². The van der Waals surface area contributed by atoms with Gasteiger partial charge in [-0.05, 0) is 12.0 Å². The van der Waals surface area contributed by atoms with Gasteiger partial charge >= 0.3 is 0 Å². The van der Waals surface area contributed by atoms with Crippen molar-refractivity contribution in [2.75, 3.05) is 18.1 Å². The van der Waals surface area contributed by atoms with Crippen LogP contribution in [0.2, 0.25) is 0 Å². The van der Waals surface area contributed by atoms with E-state index in [1.165, 1.54) is 11.5 Å². The fourth-order valence-electron chi connectivity index (χ4n) is 2.33. The summed E-state index contributed by atoms with van der Waals surface area (Å²) < 4.78 is 6.00. The van der Waals surface area contributed by atoms with Crippen LogP contribution in [0.4, 0.5) is 0 Å².